The van der Waals surface area contributed by atoms with Gasteiger partial charge in [-0.15, -0.1) is 0 Å². The van der Waals surface area contributed by atoms with E-state index in [0.29, 0.717) is 0 Å². The van der Waals surface area contributed by atoms with Crippen molar-refractivity contribution in [2.24, 2.45) is 5.41 Å². The van der Waals surface area contributed by atoms with E-state index in [-0.39, 0.29) is 17.4 Å². The van der Waals surface area contributed by atoms with Crippen LogP contribution in [-0.4, -0.2) is 53.6 Å². The van der Waals surface area contributed by atoms with Gasteiger partial charge in [-0.2, -0.15) is 0 Å². The summed E-state index contributed by atoms with van der Waals surface area (Å²) >= 11 is 0. The molecule has 1 N–H and O–H groups in total. The molecular weight excluding hydrogens is 352 g/mol. The van der Waals surface area contributed by atoms with Crippen molar-refractivity contribution >= 4 is 11.6 Å². The number of piperidine rings is 1. The smallest absolute Gasteiger partial charge is 0.241 e. The van der Waals surface area contributed by atoms with Crippen LogP contribution in [0.1, 0.15) is 36.3 Å². The minimum absolute atomic E-state index is 0.0469. The van der Waals surface area contributed by atoms with Crippen LogP contribution in [0.5, 0.6) is 0 Å². The Hall–Kier alpha value is -2.18. The van der Waals surface area contributed by atoms with Gasteiger partial charge in [0.2, 0.25) is 5.91 Å². The largest absolute Gasteiger partial charge is 0.361 e. The molecule has 1 unspecified atom stereocenters. The molecule has 2 fully saturated rings. The Morgan fingerprint density at radius 1 is 1.25 bits per heavy atom. The summed E-state index contributed by atoms with van der Waals surface area (Å²) in [5, 5.41) is 7.15. The molecule has 0 saturated carbocycles. The number of likely N-dealkylation sites (N-methyl/N-ethyl adjacent to an activating group) is 1. The zero-order valence-corrected chi connectivity index (χ0v) is 17.1. The minimum atomic E-state index is -0.0469. The lowest BCUT2D eigenvalue weighted by Gasteiger charge is -2.39. The fourth-order valence-corrected chi connectivity index (χ4v) is 4.81. The van der Waals surface area contributed by atoms with Gasteiger partial charge in [-0.1, -0.05) is 23.4 Å². The van der Waals surface area contributed by atoms with Crippen LogP contribution in [0.3, 0.4) is 0 Å². The lowest BCUT2D eigenvalue weighted by atomic mass is 9.76. The number of hydrogen-bond donors (Lipinski definition) is 1. The molecule has 1 aromatic carbocycles. The second-order valence-corrected chi connectivity index (χ2v) is 8.57. The van der Waals surface area contributed by atoms with Crippen molar-refractivity contribution in [3.05, 3.63) is 47.3 Å². The zero-order chi connectivity index (χ0) is 19.7. The molecule has 6 heteroatoms. The molecule has 3 heterocycles. The highest BCUT2D eigenvalue weighted by atomic mass is 16.5. The topological polar surface area (TPSA) is 61.6 Å². The molecule has 1 atom stereocenters. The first-order valence-corrected chi connectivity index (χ1v) is 10.2. The molecule has 0 radical (unpaired) electrons. The van der Waals surface area contributed by atoms with Crippen LogP contribution >= 0.6 is 0 Å². The zero-order valence-electron chi connectivity index (χ0n) is 17.1. The highest BCUT2D eigenvalue weighted by molar-refractivity contribution is 5.95. The van der Waals surface area contributed by atoms with E-state index in [9.17, 15) is 4.79 Å². The summed E-state index contributed by atoms with van der Waals surface area (Å²) in [7, 11) is 2.08. The molecular formula is C22H30N4O2. The van der Waals surface area contributed by atoms with E-state index >= 15 is 0 Å². The third kappa shape index (κ3) is 3.84. The first kappa shape index (κ1) is 19.2. The predicted molar refractivity (Wildman–Crippen MR) is 109 cm³/mol. The Labute approximate surface area is 166 Å². The van der Waals surface area contributed by atoms with Gasteiger partial charge in [0, 0.05) is 24.3 Å². The first-order chi connectivity index (χ1) is 13.5. The van der Waals surface area contributed by atoms with Gasteiger partial charge >= 0.3 is 0 Å². The lowest BCUT2D eigenvalue weighted by molar-refractivity contribution is -0.120. The van der Waals surface area contributed by atoms with Gasteiger partial charge in [0.15, 0.2) is 0 Å². The number of nitrogens with one attached hydrogen (secondary N) is 1. The predicted octanol–water partition coefficient (Wildman–Crippen LogP) is 3.22. The van der Waals surface area contributed by atoms with E-state index in [1.54, 1.807) is 0 Å². The van der Waals surface area contributed by atoms with E-state index in [4.69, 9.17) is 4.52 Å². The molecule has 6 nitrogen and oxygen atoms in total. The van der Waals surface area contributed by atoms with Crippen LogP contribution in [-0.2, 0) is 11.3 Å². The Balaban J connectivity index is 1.35. The molecule has 2 saturated heterocycles. The molecule has 1 spiro atoms. The van der Waals surface area contributed by atoms with Crippen LogP contribution in [0, 0.1) is 19.3 Å². The number of hydrogen-bond acceptors (Lipinski definition) is 5. The molecule has 2 aliphatic heterocycles. The average molecular weight is 383 g/mol. The second kappa shape index (κ2) is 7.68. The average Bonchev–Trinajstić information content (AvgIpc) is 3.18. The van der Waals surface area contributed by atoms with Gasteiger partial charge in [0.1, 0.15) is 5.76 Å². The number of benzene rings is 1. The molecule has 2 aliphatic rings. The fraction of sp³-hybridized carbons (Fsp3) is 0.545. The maximum Gasteiger partial charge on any atom is 0.241 e. The summed E-state index contributed by atoms with van der Waals surface area (Å²) in [5.41, 5.74) is 3.34. The van der Waals surface area contributed by atoms with Crippen LogP contribution in [0.25, 0.3) is 0 Å². The maximum atomic E-state index is 12.8. The van der Waals surface area contributed by atoms with Gasteiger partial charge in [-0.05, 0) is 70.8 Å². The highest BCUT2D eigenvalue weighted by Crippen LogP contribution is 2.43. The molecule has 0 bridgehead atoms. The van der Waals surface area contributed by atoms with Gasteiger partial charge < -0.3 is 9.84 Å². The SMILES string of the molecule is Cc1noc(C)c1CN1CCC2(CC1)CC(C(=O)Nc1ccccc1)N(C)C2. The summed E-state index contributed by atoms with van der Waals surface area (Å²) in [6.45, 7) is 8.03. The number of likely N-dealkylation sites (tertiary alicyclic amines) is 2. The Kier molecular flexibility index (Phi) is 5.25. The quantitative estimate of drug-likeness (QED) is 0.880. The number of nitrogens with zero attached hydrogens (tertiary/aromatic N) is 3. The molecule has 0 aliphatic carbocycles. The summed E-state index contributed by atoms with van der Waals surface area (Å²) < 4.78 is 5.31. The third-order valence-corrected chi connectivity index (χ3v) is 6.57. The van der Waals surface area contributed by atoms with E-state index in [1.807, 2.05) is 44.2 Å². The maximum absolute atomic E-state index is 12.8. The molecule has 2 aromatic rings. The first-order valence-electron chi connectivity index (χ1n) is 10.2. The number of carbonyl (C=O) groups excluding carboxylic acids is 1. The highest BCUT2D eigenvalue weighted by Gasteiger charge is 2.46. The molecule has 4 rings (SSSR count). The van der Waals surface area contributed by atoms with Crippen molar-refractivity contribution in [3.8, 4) is 0 Å². The standard InChI is InChI=1S/C22H30N4O2/c1-16-19(17(2)28-24-16)14-26-11-9-22(10-12-26)13-20(25(3)15-22)21(27)23-18-7-5-4-6-8-18/h4-8,20H,9-15H2,1-3H3,(H,23,27). The molecule has 150 valence electrons. The van der Waals surface area contributed by atoms with E-state index in [2.05, 4.69) is 27.3 Å². The normalized spacial score (nSPS) is 22.6. The number of anilines is 1. The Morgan fingerprint density at radius 3 is 2.61 bits per heavy atom. The van der Waals surface area contributed by atoms with Gasteiger partial charge in [-0.3, -0.25) is 14.6 Å². The van der Waals surface area contributed by atoms with Crippen LogP contribution in [0.15, 0.2) is 34.9 Å². The fourth-order valence-electron chi connectivity index (χ4n) is 4.81. The number of para-hydroxylation sites is 1. The third-order valence-electron chi connectivity index (χ3n) is 6.57. The summed E-state index contributed by atoms with van der Waals surface area (Å²) in [6.07, 6.45) is 3.22. The van der Waals surface area contributed by atoms with Crippen molar-refractivity contribution in [2.75, 3.05) is 32.0 Å². The van der Waals surface area contributed by atoms with Crippen molar-refractivity contribution in [2.45, 2.75) is 45.7 Å². The summed E-state index contributed by atoms with van der Waals surface area (Å²) in [4.78, 5) is 17.6. The van der Waals surface area contributed by atoms with Crippen molar-refractivity contribution in [1.82, 2.24) is 15.0 Å². The van der Waals surface area contributed by atoms with Gasteiger partial charge in [-0.25, -0.2) is 0 Å². The van der Waals surface area contributed by atoms with Crippen LogP contribution in [0.4, 0.5) is 5.69 Å². The van der Waals surface area contributed by atoms with E-state index in [1.165, 1.54) is 5.56 Å². The monoisotopic (exact) mass is 382 g/mol. The second-order valence-electron chi connectivity index (χ2n) is 8.57. The van der Waals surface area contributed by atoms with E-state index < -0.39 is 0 Å². The van der Waals surface area contributed by atoms with Gasteiger partial charge in [0.05, 0.1) is 11.7 Å². The summed E-state index contributed by atoms with van der Waals surface area (Å²) in [6, 6.07) is 9.69. The van der Waals surface area contributed by atoms with Crippen molar-refractivity contribution in [3.63, 3.8) is 0 Å². The molecule has 1 aromatic heterocycles. The van der Waals surface area contributed by atoms with Crippen molar-refractivity contribution < 1.29 is 9.32 Å². The Bertz CT molecular complexity index is 805. The molecule has 1 amide bonds. The van der Waals surface area contributed by atoms with Crippen LogP contribution < -0.4 is 5.32 Å². The number of aromatic nitrogens is 1. The number of rotatable bonds is 4. The number of carbonyl (C=O) groups is 1. The lowest BCUT2D eigenvalue weighted by Crippen LogP contribution is -2.41. The number of aryl methyl sites for hydroxylation is 2. The number of amides is 1. The summed E-state index contributed by atoms with van der Waals surface area (Å²) in [5.74, 6) is 1.04. The Morgan fingerprint density at radius 2 is 1.96 bits per heavy atom. The minimum Gasteiger partial charge on any atom is -0.361 e. The van der Waals surface area contributed by atoms with Crippen LogP contribution in [0.2, 0.25) is 0 Å². The van der Waals surface area contributed by atoms with Crippen molar-refractivity contribution in [1.29, 1.82) is 0 Å². The van der Waals surface area contributed by atoms with Gasteiger partial charge in [0.25, 0.3) is 0 Å². The molecule has 28 heavy (non-hydrogen) atoms. The van der Waals surface area contributed by atoms with E-state index in [0.717, 1.165) is 62.6 Å².